The lowest BCUT2D eigenvalue weighted by Crippen LogP contribution is -1.98. The molecule has 7 heteroatoms. The normalized spacial score (nSPS) is 10.9. The average molecular weight is 246 g/mol. The molecule has 86 valence electrons. The summed E-state index contributed by atoms with van der Waals surface area (Å²) >= 11 is 1.62. The van der Waals surface area contributed by atoms with Crippen molar-refractivity contribution in [1.82, 2.24) is 24.6 Å². The van der Waals surface area contributed by atoms with E-state index in [1.807, 2.05) is 11.4 Å². The number of nitrogens with one attached hydrogen (secondary N) is 1. The van der Waals surface area contributed by atoms with Crippen LogP contribution < -0.4 is 5.32 Å². The quantitative estimate of drug-likeness (QED) is 0.748. The first-order valence-electron chi connectivity index (χ1n) is 5.11. The van der Waals surface area contributed by atoms with Crippen LogP contribution in [0.4, 0.5) is 11.9 Å². The van der Waals surface area contributed by atoms with Crippen LogP contribution in [-0.2, 0) is 0 Å². The maximum Gasteiger partial charge on any atom is 0.250 e. The van der Waals surface area contributed by atoms with Crippen LogP contribution in [0.2, 0.25) is 0 Å². The molecule has 6 nitrogen and oxygen atoms in total. The number of fused-ring (bicyclic) bond motifs is 1. The molecule has 3 heterocycles. The van der Waals surface area contributed by atoms with Crippen molar-refractivity contribution in [3.05, 3.63) is 29.0 Å². The SMILES string of the molecule is Cc1sc2nc(Nc3ncccn3)nn2c1C. The predicted octanol–water partition coefficient (Wildman–Crippen LogP) is 1.94. The van der Waals surface area contributed by atoms with Gasteiger partial charge in [-0.2, -0.15) is 4.98 Å². The van der Waals surface area contributed by atoms with E-state index in [-0.39, 0.29) is 0 Å². The van der Waals surface area contributed by atoms with Crippen molar-refractivity contribution in [3.8, 4) is 0 Å². The molecule has 3 aromatic rings. The second kappa shape index (κ2) is 3.77. The molecule has 0 radical (unpaired) electrons. The van der Waals surface area contributed by atoms with E-state index in [4.69, 9.17) is 0 Å². The highest BCUT2D eigenvalue weighted by atomic mass is 32.1. The zero-order valence-electron chi connectivity index (χ0n) is 9.38. The Labute approximate surface area is 101 Å². The summed E-state index contributed by atoms with van der Waals surface area (Å²) in [5, 5.41) is 7.32. The summed E-state index contributed by atoms with van der Waals surface area (Å²) in [5.41, 5.74) is 1.11. The molecule has 0 saturated heterocycles. The first-order chi connectivity index (χ1) is 8.24. The van der Waals surface area contributed by atoms with Crippen LogP contribution in [0, 0.1) is 13.8 Å². The van der Waals surface area contributed by atoms with Gasteiger partial charge in [-0.1, -0.05) is 11.3 Å². The summed E-state index contributed by atoms with van der Waals surface area (Å²) in [6, 6.07) is 1.76. The fourth-order valence-corrected chi connectivity index (χ4v) is 2.36. The molecular weight excluding hydrogens is 236 g/mol. The average Bonchev–Trinajstić information content (AvgIpc) is 2.82. The molecular formula is C10H10N6S. The Morgan fingerprint density at radius 1 is 1.18 bits per heavy atom. The number of anilines is 2. The third kappa shape index (κ3) is 1.74. The van der Waals surface area contributed by atoms with Gasteiger partial charge >= 0.3 is 0 Å². The first-order valence-corrected chi connectivity index (χ1v) is 5.92. The third-order valence-electron chi connectivity index (χ3n) is 2.44. The summed E-state index contributed by atoms with van der Waals surface area (Å²) in [7, 11) is 0. The molecule has 0 saturated carbocycles. The Morgan fingerprint density at radius 2 is 1.94 bits per heavy atom. The molecule has 0 aliphatic rings. The minimum atomic E-state index is 0.500. The van der Waals surface area contributed by atoms with Crippen LogP contribution in [0.5, 0.6) is 0 Å². The van der Waals surface area contributed by atoms with Crippen LogP contribution in [-0.4, -0.2) is 24.6 Å². The van der Waals surface area contributed by atoms with Gasteiger partial charge < -0.3 is 0 Å². The highest BCUT2D eigenvalue weighted by molar-refractivity contribution is 7.17. The van der Waals surface area contributed by atoms with Gasteiger partial charge in [0.25, 0.3) is 5.95 Å². The maximum absolute atomic E-state index is 4.37. The van der Waals surface area contributed by atoms with E-state index in [2.05, 4.69) is 32.3 Å². The lowest BCUT2D eigenvalue weighted by atomic mass is 10.4. The second-order valence-corrected chi connectivity index (χ2v) is 4.75. The van der Waals surface area contributed by atoms with Crippen molar-refractivity contribution in [2.45, 2.75) is 13.8 Å². The molecule has 0 atom stereocenters. The minimum Gasteiger partial charge on any atom is -0.291 e. The van der Waals surface area contributed by atoms with Gasteiger partial charge in [0, 0.05) is 17.3 Å². The van der Waals surface area contributed by atoms with Gasteiger partial charge in [-0.25, -0.2) is 14.5 Å². The minimum absolute atomic E-state index is 0.500. The molecule has 0 aliphatic heterocycles. The van der Waals surface area contributed by atoms with Gasteiger partial charge in [0.1, 0.15) is 0 Å². The number of aryl methyl sites for hydroxylation is 2. The monoisotopic (exact) mass is 246 g/mol. The van der Waals surface area contributed by atoms with E-state index in [0.717, 1.165) is 10.7 Å². The van der Waals surface area contributed by atoms with Gasteiger partial charge in [0.05, 0.1) is 5.69 Å². The van der Waals surface area contributed by atoms with E-state index in [0.29, 0.717) is 11.9 Å². The zero-order chi connectivity index (χ0) is 11.8. The molecule has 17 heavy (non-hydrogen) atoms. The Hall–Kier alpha value is -2.02. The Kier molecular flexibility index (Phi) is 2.25. The van der Waals surface area contributed by atoms with Crippen molar-refractivity contribution in [1.29, 1.82) is 0 Å². The molecule has 0 unspecified atom stereocenters. The van der Waals surface area contributed by atoms with Crippen LogP contribution in [0.1, 0.15) is 10.6 Å². The zero-order valence-corrected chi connectivity index (χ0v) is 10.2. The van der Waals surface area contributed by atoms with Gasteiger partial charge in [-0.3, -0.25) is 5.32 Å². The highest BCUT2D eigenvalue weighted by Gasteiger charge is 2.10. The predicted molar refractivity (Wildman–Crippen MR) is 65.7 cm³/mol. The van der Waals surface area contributed by atoms with Crippen LogP contribution >= 0.6 is 11.3 Å². The molecule has 0 amide bonds. The van der Waals surface area contributed by atoms with Crippen LogP contribution in [0.25, 0.3) is 4.96 Å². The van der Waals surface area contributed by atoms with Crippen molar-refractivity contribution in [2.75, 3.05) is 5.32 Å². The van der Waals surface area contributed by atoms with Crippen molar-refractivity contribution < 1.29 is 0 Å². The summed E-state index contributed by atoms with van der Waals surface area (Å²) in [6.07, 6.45) is 3.34. The molecule has 0 bridgehead atoms. The molecule has 0 spiro atoms. The number of hydrogen-bond donors (Lipinski definition) is 1. The van der Waals surface area contributed by atoms with E-state index in [1.165, 1.54) is 4.88 Å². The third-order valence-corrected chi connectivity index (χ3v) is 3.49. The van der Waals surface area contributed by atoms with Crippen LogP contribution in [0.3, 0.4) is 0 Å². The lowest BCUT2D eigenvalue weighted by Gasteiger charge is -1.97. The summed E-state index contributed by atoms with van der Waals surface area (Å²) in [4.78, 5) is 14.6. The molecule has 0 aromatic carbocycles. The van der Waals surface area contributed by atoms with E-state index in [1.54, 1.807) is 29.8 Å². The Balaban J connectivity index is 1.97. The van der Waals surface area contributed by atoms with Gasteiger partial charge in [-0.05, 0) is 19.9 Å². The Bertz CT molecular complexity index is 656. The highest BCUT2D eigenvalue weighted by Crippen LogP contribution is 2.21. The Morgan fingerprint density at radius 3 is 2.65 bits per heavy atom. The summed E-state index contributed by atoms with van der Waals surface area (Å²) in [5.74, 6) is 1.02. The van der Waals surface area contributed by atoms with Crippen molar-refractivity contribution in [3.63, 3.8) is 0 Å². The first kappa shape index (κ1) is 10.2. The lowest BCUT2D eigenvalue weighted by molar-refractivity contribution is 0.926. The summed E-state index contributed by atoms with van der Waals surface area (Å²) < 4.78 is 1.82. The van der Waals surface area contributed by atoms with E-state index >= 15 is 0 Å². The molecule has 1 N–H and O–H groups in total. The van der Waals surface area contributed by atoms with E-state index < -0.39 is 0 Å². The van der Waals surface area contributed by atoms with Crippen molar-refractivity contribution in [2.24, 2.45) is 0 Å². The van der Waals surface area contributed by atoms with Gasteiger partial charge in [0.15, 0.2) is 0 Å². The number of nitrogens with zero attached hydrogens (tertiary/aromatic N) is 5. The summed E-state index contributed by atoms with van der Waals surface area (Å²) in [6.45, 7) is 4.08. The standard InChI is InChI=1S/C10H10N6S/c1-6-7(2)17-10-14-9(15-16(6)10)13-8-11-4-3-5-12-8/h3-5H,1-2H3,(H,11,12,13,15). The fraction of sp³-hybridized carbons (Fsp3) is 0.200. The largest absolute Gasteiger partial charge is 0.291 e. The number of thiazole rings is 1. The fourth-order valence-electron chi connectivity index (χ4n) is 1.46. The van der Waals surface area contributed by atoms with Gasteiger partial charge in [-0.15, -0.1) is 5.10 Å². The van der Waals surface area contributed by atoms with Crippen LogP contribution in [0.15, 0.2) is 18.5 Å². The molecule has 0 fully saturated rings. The molecule has 3 rings (SSSR count). The molecule has 0 aliphatic carbocycles. The van der Waals surface area contributed by atoms with Crippen molar-refractivity contribution >= 4 is 28.2 Å². The molecule has 3 aromatic heterocycles. The smallest absolute Gasteiger partial charge is 0.250 e. The topological polar surface area (TPSA) is 68.0 Å². The second-order valence-electron chi connectivity index (χ2n) is 3.57. The number of aromatic nitrogens is 5. The van der Waals surface area contributed by atoms with E-state index in [9.17, 15) is 0 Å². The number of rotatable bonds is 2. The van der Waals surface area contributed by atoms with Gasteiger partial charge in [0.2, 0.25) is 10.9 Å². The maximum atomic E-state index is 4.37. The number of hydrogen-bond acceptors (Lipinski definition) is 6.